The molecule has 1 nitrogen and oxygen atoms in total. The molecule has 0 aromatic carbocycles. The summed E-state index contributed by atoms with van der Waals surface area (Å²) in [5, 5.41) is 0. The lowest BCUT2D eigenvalue weighted by atomic mass is 10.1. The van der Waals surface area contributed by atoms with Crippen molar-refractivity contribution in [3.05, 3.63) is 33.5 Å². The first-order valence-electron chi connectivity index (χ1n) is 3.61. The maximum Gasteiger partial charge on any atom is 0.0336 e. The van der Waals surface area contributed by atoms with Gasteiger partial charge in [0.25, 0.3) is 0 Å². The molecule has 0 unspecified atom stereocenters. The lowest BCUT2D eigenvalue weighted by Crippen LogP contribution is -2.00. The van der Waals surface area contributed by atoms with E-state index in [0.717, 1.165) is 22.2 Å². The number of hydrogen-bond donors (Lipinski definition) is 1. The van der Waals surface area contributed by atoms with Crippen LogP contribution in [0.25, 0.3) is 0 Å². The van der Waals surface area contributed by atoms with E-state index in [1.54, 1.807) is 0 Å². The van der Waals surface area contributed by atoms with Gasteiger partial charge in [-0.1, -0.05) is 22.0 Å². The van der Waals surface area contributed by atoms with Crippen LogP contribution in [-0.4, -0.2) is 0 Å². The largest absolute Gasteiger partial charge is 0.399 e. The van der Waals surface area contributed by atoms with Crippen molar-refractivity contribution in [3.63, 3.8) is 0 Å². The van der Waals surface area contributed by atoms with Gasteiger partial charge in [0.1, 0.15) is 0 Å². The van der Waals surface area contributed by atoms with E-state index in [0.29, 0.717) is 0 Å². The number of allylic oxidation sites excluding steroid dienone is 5. The van der Waals surface area contributed by atoms with E-state index in [1.165, 1.54) is 5.57 Å². The summed E-state index contributed by atoms with van der Waals surface area (Å²) in [6.07, 6.45) is 5.12. The van der Waals surface area contributed by atoms with Crippen LogP contribution in [0.5, 0.6) is 0 Å². The van der Waals surface area contributed by atoms with E-state index < -0.39 is 0 Å². The minimum absolute atomic E-state index is 0.927. The molecule has 1 aliphatic carbocycles. The lowest BCUT2D eigenvalue weighted by Gasteiger charge is -2.02. The van der Waals surface area contributed by atoms with Crippen molar-refractivity contribution in [1.82, 2.24) is 0 Å². The Balaban J connectivity index is 3.05. The number of halogens is 1. The van der Waals surface area contributed by atoms with E-state index in [2.05, 4.69) is 28.9 Å². The first-order chi connectivity index (χ1) is 5.11. The highest BCUT2D eigenvalue weighted by molar-refractivity contribution is 9.11. The average molecular weight is 214 g/mol. The molecule has 0 amide bonds. The fourth-order valence-corrected chi connectivity index (χ4v) is 1.55. The van der Waals surface area contributed by atoms with Crippen LogP contribution in [-0.2, 0) is 0 Å². The Bertz CT molecular complexity index is 259. The summed E-state index contributed by atoms with van der Waals surface area (Å²) in [4.78, 5) is 0. The summed E-state index contributed by atoms with van der Waals surface area (Å²) in [5.74, 6) is 0. The van der Waals surface area contributed by atoms with Crippen molar-refractivity contribution >= 4 is 15.9 Å². The third kappa shape index (κ3) is 1.96. The Hall–Kier alpha value is -0.500. The highest BCUT2D eigenvalue weighted by atomic mass is 79.9. The molecule has 2 heteroatoms. The highest BCUT2D eigenvalue weighted by Gasteiger charge is 2.03. The predicted octanol–water partition coefficient (Wildman–Crippen LogP) is 2.85. The van der Waals surface area contributed by atoms with Crippen LogP contribution < -0.4 is 5.73 Å². The zero-order chi connectivity index (χ0) is 8.43. The summed E-state index contributed by atoms with van der Waals surface area (Å²) in [5.41, 5.74) is 9.15. The molecule has 60 valence electrons. The third-order valence-electron chi connectivity index (χ3n) is 1.84. The van der Waals surface area contributed by atoms with Crippen LogP contribution in [0.4, 0.5) is 0 Å². The molecular formula is C9H12BrN. The van der Waals surface area contributed by atoms with Gasteiger partial charge < -0.3 is 5.73 Å². The average Bonchev–Trinajstić information content (AvgIpc) is 2.05. The third-order valence-corrected chi connectivity index (χ3v) is 2.39. The number of rotatable bonds is 0. The number of hydrogen-bond acceptors (Lipinski definition) is 1. The Labute approximate surface area is 75.8 Å². The zero-order valence-corrected chi connectivity index (χ0v) is 8.40. The quantitative estimate of drug-likeness (QED) is 0.659. The minimum atomic E-state index is 0.927. The fourth-order valence-electron chi connectivity index (χ4n) is 1.04. The van der Waals surface area contributed by atoms with E-state index in [1.807, 2.05) is 13.0 Å². The standard InChI is InChI=1S/C9H12BrN/c1-6-3-4-8(10)5-7(2)9(6)11/h4-5H,3,11H2,1-2H3. The second-order valence-corrected chi connectivity index (χ2v) is 3.73. The molecule has 1 rings (SSSR count). The molecule has 0 saturated carbocycles. The second-order valence-electron chi connectivity index (χ2n) is 2.81. The van der Waals surface area contributed by atoms with Gasteiger partial charge >= 0.3 is 0 Å². The van der Waals surface area contributed by atoms with Gasteiger partial charge in [0.05, 0.1) is 0 Å². The summed E-state index contributed by atoms with van der Waals surface area (Å²) in [6.45, 7) is 4.09. The summed E-state index contributed by atoms with van der Waals surface area (Å²) < 4.78 is 1.12. The molecule has 0 fully saturated rings. The smallest absolute Gasteiger partial charge is 0.0336 e. The van der Waals surface area contributed by atoms with Crippen LogP contribution in [0.1, 0.15) is 20.3 Å². The molecule has 0 atom stereocenters. The number of nitrogens with two attached hydrogens (primary N) is 1. The predicted molar refractivity (Wildman–Crippen MR) is 52.3 cm³/mol. The fraction of sp³-hybridized carbons (Fsp3) is 0.333. The van der Waals surface area contributed by atoms with E-state index in [-0.39, 0.29) is 0 Å². The van der Waals surface area contributed by atoms with Gasteiger partial charge in [-0.3, -0.25) is 0 Å². The lowest BCUT2D eigenvalue weighted by molar-refractivity contribution is 1.13. The SMILES string of the molecule is CC1=CC(Br)=CCC(C)=C1N. The molecule has 0 bridgehead atoms. The zero-order valence-electron chi connectivity index (χ0n) is 6.82. The second kappa shape index (κ2) is 3.26. The van der Waals surface area contributed by atoms with Gasteiger partial charge in [-0.05, 0) is 37.5 Å². The van der Waals surface area contributed by atoms with Crippen LogP contribution in [0.2, 0.25) is 0 Å². The van der Waals surface area contributed by atoms with Gasteiger partial charge in [-0.25, -0.2) is 0 Å². The maximum atomic E-state index is 5.84. The Kier molecular flexibility index (Phi) is 2.55. The first kappa shape index (κ1) is 8.60. The molecule has 0 aromatic heterocycles. The van der Waals surface area contributed by atoms with Gasteiger partial charge in [-0.15, -0.1) is 0 Å². The summed E-state index contributed by atoms with van der Waals surface area (Å²) in [7, 11) is 0. The van der Waals surface area contributed by atoms with Gasteiger partial charge in [0.15, 0.2) is 0 Å². The normalized spacial score (nSPS) is 19.2. The molecule has 2 N–H and O–H groups in total. The molecule has 0 spiro atoms. The van der Waals surface area contributed by atoms with Gasteiger partial charge in [0.2, 0.25) is 0 Å². The molecule has 0 aromatic rings. The minimum Gasteiger partial charge on any atom is -0.399 e. The van der Waals surface area contributed by atoms with E-state index in [9.17, 15) is 0 Å². The van der Waals surface area contributed by atoms with Crippen LogP contribution >= 0.6 is 15.9 Å². The van der Waals surface area contributed by atoms with Crippen molar-refractivity contribution in [1.29, 1.82) is 0 Å². The first-order valence-corrected chi connectivity index (χ1v) is 4.40. The monoisotopic (exact) mass is 213 g/mol. The van der Waals surface area contributed by atoms with Crippen molar-refractivity contribution in [2.45, 2.75) is 20.3 Å². The topological polar surface area (TPSA) is 26.0 Å². The van der Waals surface area contributed by atoms with Crippen molar-refractivity contribution in [3.8, 4) is 0 Å². The van der Waals surface area contributed by atoms with Crippen LogP contribution in [0.3, 0.4) is 0 Å². The molecule has 0 heterocycles. The van der Waals surface area contributed by atoms with Gasteiger partial charge in [0, 0.05) is 10.2 Å². The van der Waals surface area contributed by atoms with E-state index in [4.69, 9.17) is 5.73 Å². The Morgan fingerprint density at radius 3 is 2.73 bits per heavy atom. The molecule has 0 aliphatic heterocycles. The molecule has 11 heavy (non-hydrogen) atoms. The highest BCUT2D eigenvalue weighted by Crippen LogP contribution is 2.22. The van der Waals surface area contributed by atoms with Crippen molar-refractivity contribution in [2.24, 2.45) is 5.73 Å². The maximum absolute atomic E-state index is 5.84. The summed E-state index contributed by atoms with van der Waals surface area (Å²) in [6, 6.07) is 0. The van der Waals surface area contributed by atoms with Crippen LogP contribution in [0.15, 0.2) is 33.5 Å². The van der Waals surface area contributed by atoms with Crippen molar-refractivity contribution < 1.29 is 0 Å². The van der Waals surface area contributed by atoms with E-state index >= 15 is 0 Å². The molecule has 0 radical (unpaired) electrons. The Morgan fingerprint density at radius 1 is 1.45 bits per heavy atom. The van der Waals surface area contributed by atoms with Crippen LogP contribution in [0, 0.1) is 0 Å². The summed E-state index contributed by atoms with van der Waals surface area (Å²) >= 11 is 3.44. The Morgan fingerprint density at radius 2 is 2.09 bits per heavy atom. The molecular weight excluding hydrogens is 202 g/mol. The van der Waals surface area contributed by atoms with Crippen molar-refractivity contribution in [2.75, 3.05) is 0 Å². The molecule has 0 saturated heterocycles. The molecule has 1 aliphatic rings. The van der Waals surface area contributed by atoms with Gasteiger partial charge in [-0.2, -0.15) is 0 Å².